The molecule has 0 fully saturated rings. The number of alkyl halides is 3. The standard InChI is InChI=1S/C25H15F3N6O6S/c26-25(27,28)39-15-5-7-16(8-6-15)41(37,38)34-19-3-1-2-14-11-20(30-21(14)19)23(35)31-18-9-4-13(12-29)10-17(18)22-32-24(36)40-33-22/h1-11,30,34H,(H,31,35)(H,32,33,36). The van der Waals surface area contributed by atoms with Gasteiger partial charge >= 0.3 is 12.1 Å². The average Bonchev–Trinajstić information content (AvgIpc) is 3.55. The molecular formula is C25H15F3N6O6S. The number of fused-ring (bicyclic) bond motifs is 1. The Labute approximate surface area is 227 Å². The SMILES string of the molecule is N#Cc1ccc(NC(=O)c2cc3cccc(NS(=O)(=O)c4ccc(OC(F)(F)F)cc4)c3[nH]2)c(-c2noc(=O)[nH]2)c1. The van der Waals surface area contributed by atoms with Crippen LogP contribution in [0.5, 0.6) is 5.75 Å². The van der Waals surface area contributed by atoms with Crippen molar-refractivity contribution in [3.8, 4) is 23.2 Å². The molecule has 41 heavy (non-hydrogen) atoms. The molecular weight excluding hydrogens is 569 g/mol. The monoisotopic (exact) mass is 584 g/mol. The maximum Gasteiger partial charge on any atom is 0.573 e. The molecule has 4 N–H and O–H groups in total. The number of anilines is 2. The molecule has 2 aromatic heterocycles. The predicted octanol–water partition coefficient (Wildman–Crippen LogP) is 4.33. The van der Waals surface area contributed by atoms with E-state index in [1.165, 1.54) is 36.4 Å². The lowest BCUT2D eigenvalue weighted by Crippen LogP contribution is -2.17. The molecule has 0 bridgehead atoms. The second kappa shape index (κ2) is 10.2. The minimum Gasteiger partial charge on any atom is -0.406 e. The molecule has 0 unspecified atom stereocenters. The summed E-state index contributed by atoms with van der Waals surface area (Å²) in [5.74, 6) is -2.09. The first-order chi connectivity index (χ1) is 19.4. The van der Waals surface area contributed by atoms with Gasteiger partial charge in [-0.05, 0) is 54.6 Å². The number of H-pyrrole nitrogens is 2. The smallest absolute Gasteiger partial charge is 0.406 e. The van der Waals surface area contributed by atoms with E-state index in [-0.39, 0.29) is 44.4 Å². The number of nitrogens with zero attached hydrogens (tertiary/aromatic N) is 2. The van der Waals surface area contributed by atoms with Crippen molar-refractivity contribution < 1.29 is 35.6 Å². The molecule has 5 rings (SSSR count). The summed E-state index contributed by atoms with van der Waals surface area (Å²) in [6.45, 7) is 0. The number of carbonyl (C=O) groups is 1. The summed E-state index contributed by atoms with van der Waals surface area (Å²) in [5, 5.41) is 15.9. The number of sulfonamides is 1. The van der Waals surface area contributed by atoms with Crippen LogP contribution in [-0.4, -0.2) is 35.8 Å². The van der Waals surface area contributed by atoms with E-state index in [0.29, 0.717) is 5.39 Å². The van der Waals surface area contributed by atoms with Gasteiger partial charge in [0.15, 0.2) is 5.82 Å². The third-order valence-corrected chi connectivity index (χ3v) is 6.99. The van der Waals surface area contributed by atoms with Gasteiger partial charge in [-0.1, -0.05) is 17.3 Å². The van der Waals surface area contributed by atoms with Crippen LogP contribution in [0.3, 0.4) is 0 Å². The molecule has 0 saturated heterocycles. The molecule has 208 valence electrons. The van der Waals surface area contributed by atoms with E-state index in [2.05, 4.69) is 34.4 Å². The number of aromatic amines is 2. The Morgan fingerprint density at radius 3 is 2.44 bits per heavy atom. The molecule has 0 spiro atoms. The first-order valence-electron chi connectivity index (χ1n) is 11.3. The minimum absolute atomic E-state index is 0.0197. The lowest BCUT2D eigenvalue weighted by Gasteiger charge is -2.11. The summed E-state index contributed by atoms with van der Waals surface area (Å²) in [5.41, 5.74) is 0.974. The first kappa shape index (κ1) is 27.0. The van der Waals surface area contributed by atoms with E-state index in [1.807, 2.05) is 6.07 Å². The van der Waals surface area contributed by atoms with Gasteiger partial charge in [-0.2, -0.15) is 5.26 Å². The highest BCUT2D eigenvalue weighted by Crippen LogP contribution is 2.30. The molecule has 0 aliphatic rings. The first-order valence-corrected chi connectivity index (χ1v) is 12.8. The van der Waals surface area contributed by atoms with Gasteiger partial charge in [-0.15, -0.1) is 13.2 Å². The number of benzene rings is 3. The zero-order valence-corrected chi connectivity index (χ0v) is 21.1. The van der Waals surface area contributed by atoms with Crippen molar-refractivity contribution in [2.24, 2.45) is 0 Å². The van der Waals surface area contributed by atoms with E-state index in [0.717, 1.165) is 24.3 Å². The van der Waals surface area contributed by atoms with Gasteiger partial charge in [0, 0.05) is 10.9 Å². The van der Waals surface area contributed by atoms with Crippen molar-refractivity contribution in [2.45, 2.75) is 11.3 Å². The van der Waals surface area contributed by atoms with Crippen molar-refractivity contribution in [1.29, 1.82) is 5.26 Å². The Kier molecular flexibility index (Phi) is 6.72. The lowest BCUT2D eigenvalue weighted by atomic mass is 10.1. The molecule has 3 aromatic carbocycles. The third kappa shape index (κ3) is 5.89. The normalized spacial score (nSPS) is 11.7. The fourth-order valence-corrected chi connectivity index (χ4v) is 4.91. The van der Waals surface area contributed by atoms with E-state index in [4.69, 9.17) is 0 Å². The number of amides is 1. The van der Waals surface area contributed by atoms with Crippen molar-refractivity contribution in [3.63, 3.8) is 0 Å². The van der Waals surface area contributed by atoms with E-state index in [9.17, 15) is 36.4 Å². The van der Waals surface area contributed by atoms with Gasteiger partial charge in [0.2, 0.25) is 0 Å². The quantitative estimate of drug-likeness (QED) is 0.218. The van der Waals surface area contributed by atoms with Crippen LogP contribution < -0.4 is 20.5 Å². The van der Waals surface area contributed by atoms with Gasteiger partial charge in [-0.3, -0.25) is 19.0 Å². The topological polar surface area (TPSA) is 183 Å². The van der Waals surface area contributed by atoms with Gasteiger partial charge < -0.3 is 15.0 Å². The lowest BCUT2D eigenvalue weighted by molar-refractivity contribution is -0.274. The van der Waals surface area contributed by atoms with Crippen LogP contribution >= 0.6 is 0 Å². The number of carbonyl (C=O) groups excluding carboxylic acids is 1. The Morgan fingerprint density at radius 1 is 1.02 bits per heavy atom. The molecule has 5 aromatic rings. The van der Waals surface area contributed by atoms with Crippen LogP contribution in [0, 0.1) is 11.3 Å². The van der Waals surface area contributed by atoms with Gasteiger partial charge in [0.1, 0.15) is 11.4 Å². The molecule has 0 atom stereocenters. The predicted molar refractivity (Wildman–Crippen MR) is 137 cm³/mol. The second-order valence-electron chi connectivity index (χ2n) is 8.35. The van der Waals surface area contributed by atoms with Crippen molar-refractivity contribution in [1.82, 2.24) is 15.1 Å². The second-order valence-corrected chi connectivity index (χ2v) is 10.0. The van der Waals surface area contributed by atoms with Crippen LogP contribution in [0.4, 0.5) is 24.5 Å². The molecule has 2 heterocycles. The average molecular weight is 584 g/mol. The molecule has 16 heteroatoms. The number of ether oxygens (including phenoxy) is 1. The number of rotatable bonds is 7. The van der Waals surface area contributed by atoms with Crippen molar-refractivity contribution >= 4 is 38.2 Å². The number of nitrogens with one attached hydrogen (secondary N) is 4. The molecule has 0 aliphatic carbocycles. The Hall–Kier alpha value is -5.56. The highest BCUT2D eigenvalue weighted by molar-refractivity contribution is 7.92. The van der Waals surface area contributed by atoms with Crippen LogP contribution in [-0.2, 0) is 10.0 Å². The summed E-state index contributed by atoms with van der Waals surface area (Å²) in [7, 11) is -4.24. The van der Waals surface area contributed by atoms with Crippen LogP contribution in [0.15, 0.2) is 80.9 Å². The van der Waals surface area contributed by atoms with Crippen molar-refractivity contribution in [2.75, 3.05) is 10.0 Å². The molecule has 0 aliphatic heterocycles. The highest BCUT2D eigenvalue weighted by atomic mass is 32.2. The van der Waals surface area contributed by atoms with Crippen LogP contribution in [0.1, 0.15) is 16.1 Å². The number of nitriles is 1. The molecule has 12 nitrogen and oxygen atoms in total. The van der Waals surface area contributed by atoms with E-state index >= 15 is 0 Å². The summed E-state index contributed by atoms with van der Waals surface area (Å²) >= 11 is 0. The number of hydrogen-bond donors (Lipinski definition) is 4. The Bertz CT molecular complexity index is 1990. The zero-order valence-electron chi connectivity index (χ0n) is 20.2. The van der Waals surface area contributed by atoms with Crippen LogP contribution in [0.25, 0.3) is 22.3 Å². The molecule has 0 radical (unpaired) electrons. The van der Waals surface area contributed by atoms with Gasteiger partial charge in [0.25, 0.3) is 15.9 Å². The number of halogens is 3. The summed E-state index contributed by atoms with van der Waals surface area (Å²) in [6, 6.07) is 15.9. The Morgan fingerprint density at radius 2 is 1.78 bits per heavy atom. The summed E-state index contributed by atoms with van der Waals surface area (Å²) < 4.78 is 73.7. The van der Waals surface area contributed by atoms with E-state index < -0.39 is 33.8 Å². The van der Waals surface area contributed by atoms with Crippen LogP contribution in [0.2, 0.25) is 0 Å². The zero-order chi connectivity index (χ0) is 29.4. The fraction of sp³-hybridized carbons (Fsp3) is 0.0400. The third-order valence-electron chi connectivity index (χ3n) is 5.61. The fourth-order valence-electron chi connectivity index (χ4n) is 3.84. The minimum atomic E-state index is -4.93. The van der Waals surface area contributed by atoms with Crippen molar-refractivity contribution in [3.05, 3.63) is 88.5 Å². The van der Waals surface area contributed by atoms with Gasteiger partial charge in [0.05, 0.1) is 33.4 Å². The molecule has 0 saturated carbocycles. The molecule has 1 amide bonds. The van der Waals surface area contributed by atoms with Gasteiger partial charge in [-0.25, -0.2) is 13.2 Å². The maximum absolute atomic E-state index is 13.1. The van der Waals surface area contributed by atoms with E-state index in [1.54, 1.807) is 6.07 Å². The highest BCUT2D eigenvalue weighted by Gasteiger charge is 2.31. The number of aromatic nitrogens is 3. The number of para-hydroxylation sites is 1. The summed E-state index contributed by atoms with van der Waals surface area (Å²) in [6.07, 6.45) is -4.93. The number of hydrogen-bond acceptors (Lipinski definition) is 8. The maximum atomic E-state index is 13.1. The largest absolute Gasteiger partial charge is 0.573 e. The Balaban J connectivity index is 1.41. The summed E-state index contributed by atoms with van der Waals surface area (Å²) in [4.78, 5) is 29.4.